The first-order valence-corrected chi connectivity index (χ1v) is 7.81. The third kappa shape index (κ3) is 4.66. The molecule has 0 amide bonds. The zero-order chi connectivity index (χ0) is 13.4. The summed E-state index contributed by atoms with van der Waals surface area (Å²) in [4.78, 5) is 0.257. The van der Waals surface area contributed by atoms with Crippen LogP contribution in [0.4, 0.5) is 0 Å². The van der Waals surface area contributed by atoms with Crippen LogP contribution in [0.15, 0.2) is 29.2 Å². The van der Waals surface area contributed by atoms with Crippen LogP contribution in [-0.2, 0) is 10.0 Å². The van der Waals surface area contributed by atoms with E-state index >= 15 is 0 Å². The number of unbranched alkanes of at least 4 members (excludes halogenated alkanes) is 1. The number of benzene rings is 1. The van der Waals surface area contributed by atoms with Gasteiger partial charge in [0.2, 0.25) is 10.0 Å². The molecule has 0 aliphatic heterocycles. The van der Waals surface area contributed by atoms with E-state index in [0.717, 1.165) is 19.3 Å². The average molecular weight is 271 g/mol. The smallest absolute Gasteiger partial charge is 0.240 e. The van der Waals surface area contributed by atoms with Crippen molar-refractivity contribution in [1.82, 2.24) is 4.72 Å². The topological polar surface area (TPSA) is 55.4 Å². The number of hydrogen-bond donors (Lipinski definition) is 1. The molecule has 0 spiro atoms. The van der Waals surface area contributed by atoms with Gasteiger partial charge in [0.1, 0.15) is 5.75 Å². The van der Waals surface area contributed by atoms with Crippen molar-refractivity contribution >= 4 is 10.0 Å². The standard InChI is InChI=1S/C13H21NO3S/c1-3-5-9-14-18(15,16)13-8-6-7-12(11-13)17-10-4-2/h6-8,11,14H,3-5,9-10H2,1-2H3. The highest BCUT2D eigenvalue weighted by Gasteiger charge is 2.13. The summed E-state index contributed by atoms with van der Waals surface area (Å²) in [5.41, 5.74) is 0. The second-order valence-corrected chi connectivity index (χ2v) is 5.84. The predicted molar refractivity (Wildman–Crippen MR) is 72.3 cm³/mol. The summed E-state index contributed by atoms with van der Waals surface area (Å²) in [6.07, 6.45) is 2.69. The fourth-order valence-electron chi connectivity index (χ4n) is 1.42. The van der Waals surface area contributed by atoms with E-state index < -0.39 is 10.0 Å². The van der Waals surface area contributed by atoms with Crippen molar-refractivity contribution in [1.29, 1.82) is 0 Å². The fourth-order valence-corrected chi connectivity index (χ4v) is 2.53. The van der Waals surface area contributed by atoms with Gasteiger partial charge in [0.15, 0.2) is 0 Å². The van der Waals surface area contributed by atoms with Crippen LogP contribution in [-0.4, -0.2) is 21.6 Å². The van der Waals surface area contributed by atoms with Crippen LogP contribution in [0.25, 0.3) is 0 Å². The third-order valence-electron chi connectivity index (χ3n) is 2.41. The molecule has 4 nitrogen and oxygen atoms in total. The molecular weight excluding hydrogens is 250 g/mol. The van der Waals surface area contributed by atoms with Gasteiger partial charge in [0, 0.05) is 12.6 Å². The van der Waals surface area contributed by atoms with Crippen LogP contribution in [0.2, 0.25) is 0 Å². The Morgan fingerprint density at radius 3 is 2.67 bits per heavy atom. The highest BCUT2D eigenvalue weighted by Crippen LogP contribution is 2.17. The first-order valence-electron chi connectivity index (χ1n) is 6.32. The summed E-state index contributed by atoms with van der Waals surface area (Å²) < 4.78 is 31.9. The van der Waals surface area contributed by atoms with Crippen LogP contribution in [0.3, 0.4) is 0 Å². The monoisotopic (exact) mass is 271 g/mol. The number of rotatable bonds is 8. The molecule has 1 aromatic rings. The molecule has 0 bridgehead atoms. The van der Waals surface area contributed by atoms with Gasteiger partial charge in [0.05, 0.1) is 11.5 Å². The molecule has 102 valence electrons. The van der Waals surface area contributed by atoms with Crippen molar-refractivity contribution in [3.05, 3.63) is 24.3 Å². The van der Waals surface area contributed by atoms with Gasteiger partial charge in [-0.25, -0.2) is 13.1 Å². The maximum absolute atomic E-state index is 12.0. The molecule has 1 N–H and O–H groups in total. The number of nitrogens with one attached hydrogen (secondary N) is 1. The maximum atomic E-state index is 12.0. The highest BCUT2D eigenvalue weighted by atomic mass is 32.2. The van der Waals surface area contributed by atoms with Gasteiger partial charge in [-0.05, 0) is 25.0 Å². The van der Waals surface area contributed by atoms with Crippen LogP contribution in [0.5, 0.6) is 5.75 Å². The second kappa shape index (κ2) is 7.38. The van der Waals surface area contributed by atoms with Crippen LogP contribution < -0.4 is 9.46 Å². The fraction of sp³-hybridized carbons (Fsp3) is 0.538. The Morgan fingerprint density at radius 1 is 1.22 bits per heavy atom. The summed E-state index contributed by atoms with van der Waals surface area (Å²) >= 11 is 0. The van der Waals surface area contributed by atoms with Crippen molar-refractivity contribution in [3.63, 3.8) is 0 Å². The Morgan fingerprint density at radius 2 is 2.00 bits per heavy atom. The SMILES string of the molecule is CCCCNS(=O)(=O)c1cccc(OCCC)c1. The Labute approximate surface area is 109 Å². The van der Waals surface area contributed by atoms with Gasteiger partial charge in [0.25, 0.3) is 0 Å². The summed E-state index contributed by atoms with van der Waals surface area (Å²) in [7, 11) is -3.41. The summed E-state index contributed by atoms with van der Waals surface area (Å²) in [5, 5.41) is 0. The lowest BCUT2D eigenvalue weighted by molar-refractivity contribution is 0.316. The lowest BCUT2D eigenvalue weighted by atomic mass is 10.3. The molecule has 0 unspecified atom stereocenters. The normalized spacial score (nSPS) is 11.4. The molecule has 0 atom stereocenters. The average Bonchev–Trinajstić information content (AvgIpc) is 2.37. The van der Waals surface area contributed by atoms with Gasteiger partial charge >= 0.3 is 0 Å². The summed E-state index contributed by atoms with van der Waals surface area (Å²) in [6, 6.07) is 6.59. The van der Waals surface area contributed by atoms with Gasteiger partial charge in [-0.3, -0.25) is 0 Å². The van der Waals surface area contributed by atoms with Crippen molar-refractivity contribution in [2.75, 3.05) is 13.2 Å². The molecule has 0 aliphatic carbocycles. The van der Waals surface area contributed by atoms with Crippen LogP contribution in [0, 0.1) is 0 Å². The van der Waals surface area contributed by atoms with Crippen LogP contribution >= 0.6 is 0 Å². The van der Waals surface area contributed by atoms with E-state index in [2.05, 4.69) is 4.72 Å². The van der Waals surface area contributed by atoms with Crippen molar-refractivity contribution in [3.8, 4) is 5.75 Å². The van der Waals surface area contributed by atoms with Gasteiger partial charge in [-0.2, -0.15) is 0 Å². The molecule has 0 aliphatic rings. The van der Waals surface area contributed by atoms with Crippen molar-refractivity contribution < 1.29 is 13.2 Å². The first-order chi connectivity index (χ1) is 8.60. The van der Waals surface area contributed by atoms with Gasteiger partial charge < -0.3 is 4.74 Å². The highest BCUT2D eigenvalue weighted by molar-refractivity contribution is 7.89. The van der Waals surface area contributed by atoms with E-state index in [4.69, 9.17) is 4.74 Å². The van der Waals surface area contributed by atoms with E-state index in [9.17, 15) is 8.42 Å². The maximum Gasteiger partial charge on any atom is 0.240 e. The molecule has 18 heavy (non-hydrogen) atoms. The van der Waals surface area contributed by atoms with Gasteiger partial charge in [-0.15, -0.1) is 0 Å². The molecule has 0 saturated heterocycles. The lowest BCUT2D eigenvalue weighted by Gasteiger charge is -2.08. The molecule has 0 radical (unpaired) electrons. The number of hydrogen-bond acceptors (Lipinski definition) is 3. The summed E-state index contributed by atoms with van der Waals surface area (Å²) in [5.74, 6) is 0.593. The van der Waals surface area contributed by atoms with Crippen LogP contribution in [0.1, 0.15) is 33.1 Å². The Bertz CT molecular complexity index is 457. The van der Waals surface area contributed by atoms with Gasteiger partial charge in [-0.1, -0.05) is 26.3 Å². The minimum Gasteiger partial charge on any atom is -0.494 e. The second-order valence-electron chi connectivity index (χ2n) is 4.07. The minimum atomic E-state index is -3.41. The van der Waals surface area contributed by atoms with E-state index in [1.54, 1.807) is 24.3 Å². The number of ether oxygens (including phenoxy) is 1. The van der Waals surface area contributed by atoms with E-state index in [1.165, 1.54) is 0 Å². The lowest BCUT2D eigenvalue weighted by Crippen LogP contribution is -2.24. The van der Waals surface area contributed by atoms with E-state index in [-0.39, 0.29) is 4.90 Å². The molecule has 0 saturated carbocycles. The molecule has 1 rings (SSSR count). The Kier molecular flexibility index (Phi) is 6.15. The molecule has 5 heteroatoms. The van der Waals surface area contributed by atoms with Crippen molar-refractivity contribution in [2.45, 2.75) is 38.0 Å². The van der Waals surface area contributed by atoms with E-state index in [0.29, 0.717) is 18.9 Å². The minimum absolute atomic E-state index is 0.257. The number of sulfonamides is 1. The van der Waals surface area contributed by atoms with E-state index in [1.807, 2.05) is 13.8 Å². The summed E-state index contributed by atoms with van der Waals surface area (Å²) in [6.45, 7) is 5.09. The molecule has 1 aromatic carbocycles. The Hall–Kier alpha value is -1.07. The first kappa shape index (κ1) is 15.0. The molecule has 0 fully saturated rings. The molecule has 0 aromatic heterocycles. The van der Waals surface area contributed by atoms with Crippen molar-refractivity contribution in [2.24, 2.45) is 0 Å². The largest absolute Gasteiger partial charge is 0.494 e. The quantitative estimate of drug-likeness (QED) is 0.739. The zero-order valence-electron chi connectivity index (χ0n) is 11.0. The zero-order valence-corrected chi connectivity index (χ0v) is 11.8. The third-order valence-corrected chi connectivity index (χ3v) is 3.87. The predicted octanol–water partition coefficient (Wildman–Crippen LogP) is 2.55. The Balaban J connectivity index is 2.75. The molecular formula is C13H21NO3S. The molecule has 0 heterocycles.